The second-order valence-corrected chi connectivity index (χ2v) is 1.70. The predicted molar refractivity (Wildman–Crippen MR) is 17.1 cm³/mol. The molecule has 0 aromatic carbocycles. The average molecular weight is 137 g/mol. The third-order valence-electron chi connectivity index (χ3n) is 0.321. The Morgan fingerprint density at radius 2 is 2.17 bits per heavy atom. The number of carbonyl (C=O) groups is 1. The third-order valence-corrected chi connectivity index (χ3v) is 0.554. The van der Waals surface area contributed by atoms with Gasteiger partial charge in [-0.1, -0.05) is 0 Å². The van der Waals surface area contributed by atoms with Crippen molar-refractivity contribution in [3.8, 4) is 0 Å². The van der Waals surface area contributed by atoms with Crippen molar-refractivity contribution in [3.63, 3.8) is 0 Å². The predicted octanol–water partition coefficient (Wildman–Crippen LogP) is 0.426. The Morgan fingerprint density at radius 3 is 2.17 bits per heavy atom. The van der Waals surface area contributed by atoms with E-state index >= 15 is 0 Å². The molecule has 0 aromatic rings. The maximum atomic E-state index is 9.59. The molecular formula is C3H5CuO2. The summed E-state index contributed by atoms with van der Waals surface area (Å²) < 4.78 is 0. The summed E-state index contributed by atoms with van der Waals surface area (Å²) >= 11 is 4.44. The van der Waals surface area contributed by atoms with E-state index in [4.69, 9.17) is 5.11 Å². The quantitative estimate of drug-likeness (QED) is 0.531. The second kappa shape index (κ2) is 2.21. The average Bonchev–Trinajstić information content (AvgIpc) is 1.36. The molecule has 0 aromatic heterocycles. The molecular weight excluding hydrogens is 132 g/mol. The van der Waals surface area contributed by atoms with Crippen LogP contribution < -0.4 is 0 Å². The van der Waals surface area contributed by atoms with Crippen molar-refractivity contribution in [1.29, 1.82) is 0 Å². The Morgan fingerprint density at radius 1 is 2.00 bits per heavy atom. The summed E-state index contributed by atoms with van der Waals surface area (Å²) in [5, 5.41) is 7.88. The fourth-order valence-corrected chi connectivity index (χ4v) is 0. The van der Waals surface area contributed by atoms with Gasteiger partial charge in [-0.15, -0.1) is 0 Å². The summed E-state index contributed by atoms with van der Waals surface area (Å²) in [4.78, 5) is 8.92. The van der Waals surface area contributed by atoms with Crippen LogP contribution in [0.5, 0.6) is 0 Å². The topological polar surface area (TPSA) is 37.3 Å². The number of carboxylic acid groups (broad SMARTS) is 1. The minimum atomic E-state index is -0.935. The fraction of sp³-hybridized carbons (Fsp3) is 0.667. The van der Waals surface area contributed by atoms with E-state index in [1.807, 2.05) is 0 Å². The molecule has 1 unspecified atom stereocenters. The van der Waals surface area contributed by atoms with Crippen LogP contribution in [-0.2, 0) is 20.8 Å². The number of hydrogen-bond acceptors (Lipinski definition) is 1. The van der Waals surface area contributed by atoms with Crippen LogP contribution in [0.1, 0.15) is 6.92 Å². The van der Waals surface area contributed by atoms with Gasteiger partial charge in [0.1, 0.15) is 0 Å². The van der Waals surface area contributed by atoms with Gasteiger partial charge < -0.3 is 0 Å². The Kier molecular flexibility index (Phi) is 2.21. The van der Waals surface area contributed by atoms with E-state index in [-0.39, 0.29) is 0 Å². The van der Waals surface area contributed by atoms with E-state index in [2.05, 4.69) is 16.0 Å². The first-order chi connectivity index (χ1) is 2.64. The van der Waals surface area contributed by atoms with Gasteiger partial charge in [0, 0.05) is 0 Å². The molecule has 0 aliphatic rings. The van der Waals surface area contributed by atoms with E-state index in [0.717, 1.165) is 0 Å². The molecule has 0 heterocycles. The minimum absolute atomic E-state index is 0.669. The number of aliphatic carboxylic acids is 1. The van der Waals surface area contributed by atoms with Gasteiger partial charge in [0.05, 0.1) is 0 Å². The van der Waals surface area contributed by atoms with Crippen LogP contribution in [0.4, 0.5) is 0 Å². The van der Waals surface area contributed by atoms with Gasteiger partial charge in [-0.25, -0.2) is 0 Å². The monoisotopic (exact) mass is 136 g/mol. The fourth-order valence-electron chi connectivity index (χ4n) is 0. The molecule has 3 heteroatoms. The Hall–Kier alpha value is -0.0105. The van der Waals surface area contributed by atoms with E-state index in [0.29, 0.717) is 0 Å². The number of hydrogen-bond donors (Lipinski definition) is 1. The first-order valence-electron chi connectivity index (χ1n) is 1.47. The van der Waals surface area contributed by atoms with Gasteiger partial charge >= 0.3 is 43.6 Å². The normalized spacial score (nSPS) is 13.8. The summed E-state index contributed by atoms with van der Waals surface area (Å²) in [6.07, 6.45) is 0. The van der Waals surface area contributed by atoms with Crippen molar-refractivity contribution < 1.29 is 25.9 Å². The molecule has 0 bridgehead atoms. The van der Waals surface area contributed by atoms with Crippen LogP contribution in [0.15, 0.2) is 0 Å². The Balaban J connectivity index is 3.26. The van der Waals surface area contributed by atoms with E-state index in [9.17, 15) is 4.79 Å². The summed E-state index contributed by atoms with van der Waals surface area (Å²) in [6, 6.07) is 0. The molecule has 0 rings (SSSR count). The zero-order valence-corrected chi connectivity index (χ0v) is 4.18. The van der Waals surface area contributed by atoms with Gasteiger partial charge in [0.25, 0.3) is 0 Å². The van der Waals surface area contributed by atoms with Crippen LogP contribution in [0.25, 0.3) is 0 Å². The van der Waals surface area contributed by atoms with Crippen molar-refractivity contribution in [2.45, 2.75) is 11.7 Å². The van der Waals surface area contributed by atoms with Crippen LogP contribution in [0.2, 0.25) is 4.82 Å². The molecule has 0 fully saturated rings. The molecule has 0 radical (unpaired) electrons. The van der Waals surface area contributed by atoms with E-state index < -0.39 is 10.8 Å². The Labute approximate surface area is 44.4 Å². The number of rotatable bonds is 1. The zero-order valence-electron chi connectivity index (χ0n) is 3.23. The summed E-state index contributed by atoms with van der Waals surface area (Å²) in [5.41, 5.74) is 0. The zero-order chi connectivity index (χ0) is 5.15. The first kappa shape index (κ1) is 5.99. The van der Waals surface area contributed by atoms with Gasteiger partial charge in [-0.2, -0.15) is 0 Å². The van der Waals surface area contributed by atoms with E-state index in [1.165, 1.54) is 6.92 Å². The maximum absolute atomic E-state index is 9.59. The molecule has 0 aliphatic carbocycles. The van der Waals surface area contributed by atoms with Crippen molar-refractivity contribution in [1.82, 2.24) is 0 Å². The van der Waals surface area contributed by atoms with Crippen molar-refractivity contribution >= 4 is 5.97 Å². The van der Waals surface area contributed by atoms with Crippen LogP contribution in [0.3, 0.4) is 0 Å². The van der Waals surface area contributed by atoms with Crippen molar-refractivity contribution in [2.75, 3.05) is 0 Å². The van der Waals surface area contributed by atoms with Crippen LogP contribution in [-0.4, -0.2) is 11.1 Å². The van der Waals surface area contributed by atoms with Gasteiger partial charge in [-0.3, -0.25) is 0 Å². The van der Waals surface area contributed by atoms with Crippen molar-refractivity contribution in [3.05, 3.63) is 0 Å². The van der Waals surface area contributed by atoms with Gasteiger partial charge in [0.2, 0.25) is 0 Å². The molecule has 6 heavy (non-hydrogen) atoms. The molecule has 0 saturated heterocycles. The molecule has 1 atom stereocenters. The molecule has 0 spiro atoms. The SMILES string of the molecule is C[CH]([Cu])C(=O)O. The summed E-state index contributed by atoms with van der Waals surface area (Å²) in [5.74, 6) is -0.935. The molecule has 0 aliphatic heterocycles. The van der Waals surface area contributed by atoms with Crippen molar-refractivity contribution in [2.24, 2.45) is 0 Å². The molecule has 0 amide bonds. The van der Waals surface area contributed by atoms with Gasteiger partial charge in [0.15, 0.2) is 0 Å². The number of carboxylic acids is 1. The third kappa shape index (κ3) is 2.24. The molecule has 2 nitrogen and oxygen atoms in total. The summed E-state index contributed by atoms with van der Waals surface area (Å²) in [7, 11) is 0. The second-order valence-electron chi connectivity index (χ2n) is 0.888. The van der Waals surface area contributed by atoms with Crippen LogP contribution in [0, 0.1) is 0 Å². The Bertz CT molecular complexity index is 59.8. The standard InChI is InChI=1S/C3H5O2.Cu/c1-2-3(4)5;/h2H,1H3,(H,4,5);. The van der Waals surface area contributed by atoms with Crippen LogP contribution >= 0.6 is 0 Å². The molecule has 0 saturated carbocycles. The molecule has 40 valence electrons. The van der Waals surface area contributed by atoms with E-state index in [1.54, 1.807) is 0 Å². The van der Waals surface area contributed by atoms with Gasteiger partial charge in [-0.05, 0) is 0 Å². The summed E-state index contributed by atoms with van der Waals surface area (Å²) in [6.45, 7) is 1.45. The molecule has 1 N–H and O–H groups in total. The first-order valence-corrected chi connectivity index (χ1v) is 2.01.